The summed E-state index contributed by atoms with van der Waals surface area (Å²) in [5.41, 5.74) is 0. The monoisotopic (exact) mass is 210 g/mol. The fourth-order valence-corrected chi connectivity index (χ4v) is 1.90. The molecule has 2 nitrogen and oxygen atoms in total. The third-order valence-electron chi connectivity index (χ3n) is 1.58. The highest BCUT2D eigenvalue weighted by molar-refractivity contribution is 8.73. The summed E-state index contributed by atoms with van der Waals surface area (Å²) in [6.07, 6.45) is 2.69. The average molecular weight is 210 g/mol. The highest BCUT2D eigenvalue weighted by atomic mass is 33.1. The van der Waals surface area contributed by atoms with Crippen molar-refractivity contribution in [3.63, 3.8) is 0 Å². The lowest BCUT2D eigenvalue weighted by molar-refractivity contribution is 0.253. The third-order valence-corrected chi connectivity index (χ3v) is 3.09. The van der Waals surface area contributed by atoms with Crippen LogP contribution in [0.15, 0.2) is 0 Å². The Morgan fingerprint density at radius 2 is 1.25 bits per heavy atom. The minimum absolute atomic E-state index is 0.308. The quantitative estimate of drug-likeness (QED) is 0.361. The summed E-state index contributed by atoms with van der Waals surface area (Å²) in [5, 5.41) is 0. The van der Waals surface area contributed by atoms with Gasteiger partial charge in [-0.25, -0.2) is 0 Å². The molecule has 0 N–H and O–H groups in total. The lowest BCUT2D eigenvalue weighted by atomic mass is 10.3. The Balaban J connectivity index is 3.10. The maximum atomic E-state index is 5.34. The first kappa shape index (κ1) is 12.6. The van der Waals surface area contributed by atoms with Crippen molar-refractivity contribution in [1.29, 1.82) is 0 Å². The van der Waals surface area contributed by atoms with Gasteiger partial charge in [0.2, 0.25) is 0 Å². The van der Waals surface area contributed by atoms with Crippen molar-refractivity contribution in [1.82, 2.24) is 0 Å². The molecule has 0 amide bonds. The number of hydrogen-bond donors (Lipinski definition) is 0. The molecule has 0 aromatic rings. The molecule has 0 rings (SSSR count). The molecule has 0 spiro atoms. The van der Waals surface area contributed by atoms with E-state index in [4.69, 9.17) is 8.37 Å². The van der Waals surface area contributed by atoms with Crippen LogP contribution >= 0.6 is 22.1 Å². The van der Waals surface area contributed by atoms with Gasteiger partial charge in [0.05, 0.1) is 34.4 Å². The van der Waals surface area contributed by atoms with E-state index in [0.717, 1.165) is 12.8 Å². The van der Waals surface area contributed by atoms with Gasteiger partial charge < -0.3 is 8.37 Å². The highest BCUT2D eigenvalue weighted by Gasteiger charge is 2.02. The normalized spacial score (nSPS) is 16.0. The van der Waals surface area contributed by atoms with Gasteiger partial charge in [0.15, 0.2) is 0 Å². The van der Waals surface area contributed by atoms with Crippen LogP contribution in [0.5, 0.6) is 0 Å². The van der Waals surface area contributed by atoms with Crippen molar-refractivity contribution in [2.75, 3.05) is 0 Å². The molecule has 0 unspecified atom stereocenters. The molecule has 0 aromatic heterocycles. The summed E-state index contributed by atoms with van der Waals surface area (Å²) in [7, 11) is 0. The summed E-state index contributed by atoms with van der Waals surface area (Å²) in [5.74, 6) is 0. The Labute approximate surface area is 83.6 Å². The Kier molecular flexibility index (Phi) is 8.65. The Hall–Kier alpha value is 0.620. The molecule has 0 radical (unpaired) electrons. The van der Waals surface area contributed by atoms with Gasteiger partial charge in [-0.3, -0.25) is 0 Å². The summed E-state index contributed by atoms with van der Waals surface area (Å²) < 4.78 is 10.7. The van der Waals surface area contributed by atoms with Crippen molar-refractivity contribution in [2.45, 2.75) is 52.7 Å². The molecule has 0 aromatic carbocycles. The van der Waals surface area contributed by atoms with Gasteiger partial charge in [0.1, 0.15) is 0 Å². The van der Waals surface area contributed by atoms with Crippen molar-refractivity contribution in [3.8, 4) is 0 Å². The molecule has 2 atom stereocenters. The molecule has 0 fully saturated rings. The topological polar surface area (TPSA) is 18.5 Å². The molecule has 4 heteroatoms. The van der Waals surface area contributed by atoms with E-state index >= 15 is 0 Å². The first-order valence-electron chi connectivity index (χ1n) is 4.36. The van der Waals surface area contributed by atoms with Crippen LogP contribution in [-0.2, 0) is 8.37 Å². The van der Waals surface area contributed by atoms with Gasteiger partial charge in [0, 0.05) is 0 Å². The van der Waals surface area contributed by atoms with E-state index in [-0.39, 0.29) is 0 Å². The lowest BCUT2D eigenvalue weighted by Gasteiger charge is -2.10. The minimum Gasteiger partial charge on any atom is -0.300 e. The molecule has 0 saturated heterocycles. The lowest BCUT2D eigenvalue weighted by Crippen LogP contribution is -2.01. The summed E-state index contributed by atoms with van der Waals surface area (Å²) >= 11 is 2.65. The van der Waals surface area contributed by atoms with Gasteiger partial charge in [-0.2, -0.15) is 0 Å². The van der Waals surface area contributed by atoms with Crippen LogP contribution in [0.3, 0.4) is 0 Å². The molecule has 0 bridgehead atoms. The second-order valence-corrected chi connectivity index (χ2v) is 4.24. The molecule has 12 heavy (non-hydrogen) atoms. The number of hydrogen-bond acceptors (Lipinski definition) is 4. The van der Waals surface area contributed by atoms with E-state index in [9.17, 15) is 0 Å². The van der Waals surface area contributed by atoms with Gasteiger partial charge in [0.25, 0.3) is 0 Å². The fourth-order valence-electron chi connectivity index (χ4n) is 0.302. The van der Waals surface area contributed by atoms with Gasteiger partial charge in [-0.1, -0.05) is 13.8 Å². The van der Waals surface area contributed by atoms with Crippen LogP contribution in [0, 0.1) is 0 Å². The Bertz CT molecular complexity index is 89.1. The van der Waals surface area contributed by atoms with E-state index in [1.54, 1.807) is 0 Å². The SMILES string of the molecule is CC[C@@H](C)OSSO[C@H](C)CC. The van der Waals surface area contributed by atoms with E-state index < -0.39 is 0 Å². The molecular formula is C8H18O2S2. The second kappa shape index (κ2) is 8.23. The first-order valence-corrected chi connectivity index (χ1v) is 6.36. The molecule has 0 aliphatic carbocycles. The van der Waals surface area contributed by atoms with E-state index in [1.807, 2.05) is 0 Å². The maximum absolute atomic E-state index is 5.34. The zero-order valence-electron chi connectivity index (χ0n) is 8.20. The molecule has 0 aliphatic rings. The van der Waals surface area contributed by atoms with E-state index in [2.05, 4.69) is 27.7 Å². The molecule has 0 saturated carbocycles. The Morgan fingerprint density at radius 1 is 0.917 bits per heavy atom. The molecule has 0 aliphatic heterocycles. The maximum Gasteiger partial charge on any atom is 0.0928 e. The van der Waals surface area contributed by atoms with Crippen molar-refractivity contribution in [3.05, 3.63) is 0 Å². The highest BCUT2D eigenvalue weighted by Crippen LogP contribution is 2.27. The van der Waals surface area contributed by atoms with Crippen molar-refractivity contribution >= 4 is 22.1 Å². The fraction of sp³-hybridized carbons (Fsp3) is 1.00. The largest absolute Gasteiger partial charge is 0.300 e. The summed E-state index contributed by atoms with van der Waals surface area (Å²) in [4.78, 5) is 0. The van der Waals surface area contributed by atoms with Crippen molar-refractivity contribution in [2.24, 2.45) is 0 Å². The summed E-state index contributed by atoms with van der Waals surface area (Å²) in [6.45, 7) is 8.31. The zero-order valence-corrected chi connectivity index (χ0v) is 9.83. The zero-order chi connectivity index (χ0) is 9.40. The summed E-state index contributed by atoms with van der Waals surface area (Å²) in [6, 6.07) is 0. The standard InChI is InChI=1S/C8H18O2S2/c1-5-7(3)9-11-12-10-8(4)6-2/h7-8H,5-6H2,1-4H3/t7-,8-/m1/s1. The Morgan fingerprint density at radius 3 is 1.50 bits per heavy atom. The third kappa shape index (κ3) is 7.28. The minimum atomic E-state index is 0.308. The van der Waals surface area contributed by atoms with Crippen LogP contribution in [-0.4, -0.2) is 12.2 Å². The average Bonchev–Trinajstić information content (AvgIpc) is 2.11. The van der Waals surface area contributed by atoms with Crippen LogP contribution in [0.4, 0.5) is 0 Å². The van der Waals surface area contributed by atoms with Crippen LogP contribution in [0.25, 0.3) is 0 Å². The van der Waals surface area contributed by atoms with E-state index in [1.165, 1.54) is 22.1 Å². The number of rotatable bonds is 7. The van der Waals surface area contributed by atoms with Crippen molar-refractivity contribution < 1.29 is 8.37 Å². The van der Waals surface area contributed by atoms with Crippen LogP contribution < -0.4 is 0 Å². The molecular weight excluding hydrogens is 192 g/mol. The predicted molar refractivity (Wildman–Crippen MR) is 56.9 cm³/mol. The van der Waals surface area contributed by atoms with E-state index in [0.29, 0.717) is 12.2 Å². The second-order valence-electron chi connectivity index (χ2n) is 2.77. The van der Waals surface area contributed by atoms with Gasteiger partial charge >= 0.3 is 0 Å². The predicted octanol–water partition coefficient (Wildman–Crippen LogP) is 3.83. The smallest absolute Gasteiger partial charge is 0.0928 e. The molecule has 74 valence electrons. The van der Waals surface area contributed by atoms with Crippen LogP contribution in [0.2, 0.25) is 0 Å². The van der Waals surface area contributed by atoms with Gasteiger partial charge in [-0.05, 0) is 26.7 Å². The first-order chi connectivity index (χ1) is 5.70. The molecule has 0 heterocycles. The van der Waals surface area contributed by atoms with Gasteiger partial charge in [-0.15, -0.1) is 0 Å². The van der Waals surface area contributed by atoms with Crippen LogP contribution in [0.1, 0.15) is 40.5 Å².